The molecule has 1 amide bonds. The summed E-state index contributed by atoms with van der Waals surface area (Å²) in [6.07, 6.45) is 5.03. The van der Waals surface area contributed by atoms with Crippen molar-refractivity contribution in [2.75, 3.05) is 0 Å². The molecule has 2 aromatic rings. The first-order valence-corrected chi connectivity index (χ1v) is 6.91. The van der Waals surface area contributed by atoms with Crippen LogP contribution in [-0.2, 0) is 19.9 Å². The molecule has 0 bridgehead atoms. The fourth-order valence-corrected chi connectivity index (χ4v) is 2.74. The summed E-state index contributed by atoms with van der Waals surface area (Å²) in [4.78, 5) is 12.3. The highest BCUT2D eigenvalue weighted by Gasteiger charge is 2.17. The number of hydrogen-bond donors (Lipinski definition) is 1. The Morgan fingerprint density at radius 1 is 1.35 bits per heavy atom. The number of hydrogen-bond acceptors (Lipinski definition) is 3. The monoisotopic (exact) mass is 270 g/mol. The van der Waals surface area contributed by atoms with E-state index in [-0.39, 0.29) is 11.9 Å². The second-order valence-electron chi connectivity index (χ2n) is 5.33. The SMILES string of the molecule is C[C@@H](NC(=O)c1ccc2c(c1)CCC2)c1nncn1C. The molecule has 3 rings (SSSR count). The van der Waals surface area contributed by atoms with Crippen LogP contribution in [0.5, 0.6) is 0 Å². The van der Waals surface area contributed by atoms with Gasteiger partial charge in [-0.25, -0.2) is 0 Å². The van der Waals surface area contributed by atoms with Crippen LogP contribution in [0.15, 0.2) is 24.5 Å². The fraction of sp³-hybridized carbons (Fsp3) is 0.400. The van der Waals surface area contributed by atoms with Crippen molar-refractivity contribution >= 4 is 5.91 Å². The Bertz CT molecular complexity index is 647. The van der Waals surface area contributed by atoms with E-state index in [1.54, 1.807) is 6.33 Å². The molecule has 5 heteroatoms. The quantitative estimate of drug-likeness (QED) is 0.925. The number of rotatable bonds is 3. The summed E-state index contributed by atoms with van der Waals surface area (Å²) in [6.45, 7) is 1.91. The van der Waals surface area contributed by atoms with Gasteiger partial charge in [0.2, 0.25) is 0 Å². The molecule has 104 valence electrons. The van der Waals surface area contributed by atoms with Crippen molar-refractivity contribution in [3.63, 3.8) is 0 Å². The molecule has 1 aliphatic carbocycles. The second-order valence-corrected chi connectivity index (χ2v) is 5.33. The van der Waals surface area contributed by atoms with Crippen molar-refractivity contribution in [3.05, 3.63) is 47.0 Å². The van der Waals surface area contributed by atoms with E-state index >= 15 is 0 Å². The molecule has 1 aromatic heterocycles. The van der Waals surface area contributed by atoms with Crippen LogP contribution in [0.25, 0.3) is 0 Å². The van der Waals surface area contributed by atoms with Gasteiger partial charge in [0.25, 0.3) is 5.91 Å². The molecule has 1 heterocycles. The lowest BCUT2D eigenvalue weighted by Gasteiger charge is -2.13. The topological polar surface area (TPSA) is 59.8 Å². The largest absolute Gasteiger partial charge is 0.342 e. The molecule has 1 atom stereocenters. The summed E-state index contributed by atoms with van der Waals surface area (Å²) in [6, 6.07) is 5.83. The van der Waals surface area contributed by atoms with E-state index in [0.29, 0.717) is 0 Å². The van der Waals surface area contributed by atoms with E-state index in [0.717, 1.165) is 24.2 Å². The lowest BCUT2D eigenvalue weighted by Crippen LogP contribution is -2.28. The summed E-state index contributed by atoms with van der Waals surface area (Å²) in [5, 5.41) is 10.8. The highest BCUT2D eigenvalue weighted by molar-refractivity contribution is 5.94. The van der Waals surface area contributed by atoms with Gasteiger partial charge in [0.15, 0.2) is 5.82 Å². The third kappa shape index (κ3) is 2.31. The second kappa shape index (κ2) is 5.07. The minimum atomic E-state index is -0.164. The zero-order valence-electron chi connectivity index (χ0n) is 11.8. The van der Waals surface area contributed by atoms with Gasteiger partial charge in [-0.15, -0.1) is 10.2 Å². The molecule has 1 N–H and O–H groups in total. The minimum absolute atomic E-state index is 0.0600. The molecule has 0 saturated carbocycles. The average Bonchev–Trinajstić information content (AvgIpc) is 3.05. The van der Waals surface area contributed by atoms with Gasteiger partial charge in [0.1, 0.15) is 6.33 Å². The number of aromatic nitrogens is 3. The number of aryl methyl sites for hydroxylation is 3. The standard InChI is InChI=1S/C15H18N4O/c1-10(14-18-16-9-19(14)2)17-15(20)13-7-6-11-4-3-5-12(11)8-13/h6-10H,3-5H2,1-2H3,(H,17,20)/t10-/m1/s1. The number of nitrogens with one attached hydrogen (secondary N) is 1. The van der Waals surface area contributed by atoms with Crippen molar-refractivity contribution < 1.29 is 4.79 Å². The molecule has 0 unspecified atom stereocenters. The number of carbonyl (C=O) groups is 1. The van der Waals surface area contributed by atoms with Gasteiger partial charge >= 0.3 is 0 Å². The lowest BCUT2D eigenvalue weighted by atomic mass is 10.1. The number of fused-ring (bicyclic) bond motifs is 1. The number of carbonyl (C=O) groups excluding carboxylic acids is 1. The van der Waals surface area contributed by atoms with Gasteiger partial charge in [-0.3, -0.25) is 4.79 Å². The van der Waals surface area contributed by atoms with Gasteiger partial charge < -0.3 is 9.88 Å². The van der Waals surface area contributed by atoms with Crippen LogP contribution in [0.4, 0.5) is 0 Å². The van der Waals surface area contributed by atoms with Crippen LogP contribution in [0.1, 0.15) is 46.7 Å². The summed E-state index contributed by atoms with van der Waals surface area (Å²) in [7, 11) is 1.87. The van der Waals surface area contributed by atoms with Crippen LogP contribution in [0, 0.1) is 0 Å². The molecule has 0 spiro atoms. The zero-order valence-corrected chi connectivity index (χ0v) is 11.8. The van der Waals surface area contributed by atoms with Gasteiger partial charge in [-0.2, -0.15) is 0 Å². The Labute approximate surface area is 118 Å². The predicted octanol–water partition coefficient (Wildman–Crippen LogP) is 1.79. The maximum absolute atomic E-state index is 12.3. The van der Waals surface area contributed by atoms with Gasteiger partial charge in [-0.1, -0.05) is 6.07 Å². The van der Waals surface area contributed by atoms with E-state index in [1.165, 1.54) is 17.5 Å². The van der Waals surface area contributed by atoms with Crippen molar-refractivity contribution in [1.29, 1.82) is 0 Å². The molecular weight excluding hydrogens is 252 g/mol. The first kappa shape index (κ1) is 12.8. The third-order valence-corrected chi connectivity index (χ3v) is 3.84. The van der Waals surface area contributed by atoms with E-state index < -0.39 is 0 Å². The van der Waals surface area contributed by atoms with Crippen molar-refractivity contribution in [1.82, 2.24) is 20.1 Å². The van der Waals surface area contributed by atoms with Gasteiger partial charge in [-0.05, 0) is 49.4 Å². The minimum Gasteiger partial charge on any atom is -0.342 e. The van der Waals surface area contributed by atoms with Gasteiger partial charge in [0.05, 0.1) is 6.04 Å². The normalized spacial score (nSPS) is 14.9. The molecule has 0 fully saturated rings. The van der Waals surface area contributed by atoms with E-state index in [4.69, 9.17) is 0 Å². The lowest BCUT2D eigenvalue weighted by molar-refractivity contribution is 0.0937. The molecular formula is C15H18N4O. The maximum atomic E-state index is 12.3. The molecule has 0 aliphatic heterocycles. The zero-order chi connectivity index (χ0) is 14.1. The van der Waals surface area contributed by atoms with Crippen molar-refractivity contribution in [3.8, 4) is 0 Å². The molecule has 0 saturated heterocycles. The molecule has 1 aromatic carbocycles. The van der Waals surface area contributed by atoms with Crippen molar-refractivity contribution in [2.45, 2.75) is 32.2 Å². The Kier molecular flexibility index (Phi) is 3.26. The molecule has 20 heavy (non-hydrogen) atoms. The summed E-state index contributed by atoms with van der Waals surface area (Å²) < 4.78 is 1.81. The molecule has 0 radical (unpaired) electrons. The van der Waals surface area contributed by atoms with Crippen LogP contribution in [-0.4, -0.2) is 20.7 Å². The Morgan fingerprint density at radius 2 is 2.15 bits per heavy atom. The molecule has 1 aliphatic rings. The van der Waals surface area contributed by atoms with E-state index in [2.05, 4.69) is 21.6 Å². The van der Waals surface area contributed by atoms with Crippen LogP contribution >= 0.6 is 0 Å². The summed E-state index contributed by atoms with van der Waals surface area (Å²) >= 11 is 0. The Balaban J connectivity index is 1.75. The summed E-state index contributed by atoms with van der Waals surface area (Å²) in [5.74, 6) is 0.690. The predicted molar refractivity (Wildman–Crippen MR) is 75.4 cm³/mol. The Morgan fingerprint density at radius 3 is 2.90 bits per heavy atom. The first-order valence-electron chi connectivity index (χ1n) is 6.91. The first-order chi connectivity index (χ1) is 9.65. The van der Waals surface area contributed by atoms with Gasteiger partial charge in [0, 0.05) is 12.6 Å². The smallest absolute Gasteiger partial charge is 0.251 e. The van der Waals surface area contributed by atoms with Crippen LogP contribution in [0.3, 0.4) is 0 Å². The Hall–Kier alpha value is -2.17. The van der Waals surface area contributed by atoms with Crippen molar-refractivity contribution in [2.24, 2.45) is 7.05 Å². The summed E-state index contributed by atoms with van der Waals surface area (Å²) in [5.41, 5.74) is 3.41. The highest BCUT2D eigenvalue weighted by atomic mass is 16.1. The third-order valence-electron chi connectivity index (χ3n) is 3.84. The average molecular weight is 270 g/mol. The molecule has 5 nitrogen and oxygen atoms in total. The fourth-order valence-electron chi connectivity index (χ4n) is 2.74. The van der Waals surface area contributed by atoms with Crippen LogP contribution < -0.4 is 5.32 Å². The van der Waals surface area contributed by atoms with E-state index in [9.17, 15) is 4.79 Å². The van der Waals surface area contributed by atoms with Crippen LogP contribution in [0.2, 0.25) is 0 Å². The number of nitrogens with zero attached hydrogens (tertiary/aromatic N) is 3. The van der Waals surface area contributed by atoms with E-state index in [1.807, 2.05) is 30.7 Å². The number of benzene rings is 1. The maximum Gasteiger partial charge on any atom is 0.251 e. The number of amides is 1. The highest BCUT2D eigenvalue weighted by Crippen LogP contribution is 2.23.